The second kappa shape index (κ2) is 8.33. The summed E-state index contributed by atoms with van der Waals surface area (Å²) in [6, 6.07) is 15.4. The summed E-state index contributed by atoms with van der Waals surface area (Å²) in [4.78, 5) is 25.2. The number of hydrogen-bond acceptors (Lipinski definition) is 2. The van der Waals surface area contributed by atoms with Crippen LogP contribution in [-0.2, 0) is 11.3 Å². The molecule has 2 rings (SSSR count). The van der Waals surface area contributed by atoms with Crippen molar-refractivity contribution in [2.45, 2.75) is 33.4 Å². The van der Waals surface area contributed by atoms with Gasteiger partial charge in [-0.15, -0.1) is 0 Å². The molecule has 0 saturated heterocycles. The molecule has 2 N–H and O–H groups in total. The molecule has 5 nitrogen and oxygen atoms in total. The summed E-state index contributed by atoms with van der Waals surface area (Å²) in [5.41, 5.74) is 3.94. The van der Waals surface area contributed by atoms with Crippen LogP contribution in [0.2, 0.25) is 0 Å². The van der Waals surface area contributed by atoms with Crippen molar-refractivity contribution >= 4 is 17.6 Å². The summed E-state index contributed by atoms with van der Waals surface area (Å²) >= 11 is 0. The highest BCUT2D eigenvalue weighted by Crippen LogP contribution is 2.19. The number of hydrogen-bond donors (Lipinski definition) is 2. The van der Waals surface area contributed by atoms with Crippen molar-refractivity contribution in [2.75, 3.05) is 12.4 Å². The zero-order valence-corrected chi connectivity index (χ0v) is 15.2. The summed E-state index contributed by atoms with van der Waals surface area (Å²) in [5.74, 6) is -0.118. The third kappa shape index (κ3) is 5.35. The molecule has 5 heteroatoms. The van der Waals surface area contributed by atoms with Crippen molar-refractivity contribution in [1.82, 2.24) is 10.2 Å². The number of carbonyl (C=O) groups excluding carboxylic acids is 2. The predicted molar refractivity (Wildman–Crippen MR) is 100 cm³/mol. The van der Waals surface area contributed by atoms with E-state index in [2.05, 4.69) is 10.6 Å². The average molecular weight is 339 g/mol. The molecule has 0 saturated carbocycles. The summed E-state index contributed by atoms with van der Waals surface area (Å²) in [7, 11) is 1.79. The fourth-order valence-corrected chi connectivity index (χ4v) is 2.51. The molecule has 0 unspecified atom stereocenters. The number of carbonyl (C=O) groups is 2. The number of nitrogens with one attached hydrogen (secondary N) is 2. The Labute approximate surface area is 149 Å². The van der Waals surface area contributed by atoms with E-state index in [9.17, 15) is 9.59 Å². The number of nitrogens with zero attached hydrogens (tertiary/aromatic N) is 1. The highest BCUT2D eigenvalue weighted by molar-refractivity contribution is 5.88. The summed E-state index contributed by atoms with van der Waals surface area (Å²) in [6.45, 7) is 5.91. The van der Waals surface area contributed by atoms with Crippen LogP contribution in [0.25, 0.3) is 0 Å². The maximum Gasteiger partial charge on any atom is 0.317 e. The van der Waals surface area contributed by atoms with E-state index in [0.29, 0.717) is 6.54 Å². The summed E-state index contributed by atoms with van der Waals surface area (Å²) in [6.07, 6.45) is 0. The molecular formula is C20H25N3O2. The van der Waals surface area contributed by atoms with Gasteiger partial charge in [-0.25, -0.2) is 4.79 Å². The first-order valence-electron chi connectivity index (χ1n) is 8.30. The number of benzene rings is 2. The van der Waals surface area contributed by atoms with Crippen molar-refractivity contribution in [2.24, 2.45) is 0 Å². The van der Waals surface area contributed by atoms with E-state index in [1.807, 2.05) is 62.4 Å². The van der Waals surface area contributed by atoms with E-state index in [1.54, 1.807) is 11.9 Å². The molecule has 132 valence electrons. The van der Waals surface area contributed by atoms with Gasteiger partial charge in [0, 0.05) is 26.2 Å². The first-order valence-corrected chi connectivity index (χ1v) is 8.30. The fourth-order valence-electron chi connectivity index (χ4n) is 2.51. The zero-order valence-electron chi connectivity index (χ0n) is 15.2. The number of rotatable bonds is 5. The van der Waals surface area contributed by atoms with E-state index in [1.165, 1.54) is 12.5 Å². The fraction of sp³-hybridized carbons (Fsp3) is 0.300. The maximum absolute atomic E-state index is 12.4. The van der Waals surface area contributed by atoms with Gasteiger partial charge in [-0.2, -0.15) is 0 Å². The van der Waals surface area contributed by atoms with Gasteiger partial charge in [-0.05, 0) is 37.1 Å². The van der Waals surface area contributed by atoms with Crippen LogP contribution >= 0.6 is 0 Å². The minimum Gasteiger partial charge on any atom is -0.334 e. The summed E-state index contributed by atoms with van der Waals surface area (Å²) < 4.78 is 0. The van der Waals surface area contributed by atoms with Crippen LogP contribution in [-0.4, -0.2) is 23.9 Å². The summed E-state index contributed by atoms with van der Waals surface area (Å²) in [5, 5.41) is 5.65. The van der Waals surface area contributed by atoms with Gasteiger partial charge in [-0.1, -0.05) is 42.0 Å². The number of aryl methyl sites for hydroxylation is 1. The highest BCUT2D eigenvalue weighted by atomic mass is 16.2. The van der Waals surface area contributed by atoms with E-state index in [0.717, 1.165) is 16.8 Å². The van der Waals surface area contributed by atoms with Crippen LogP contribution < -0.4 is 10.6 Å². The lowest BCUT2D eigenvalue weighted by molar-refractivity contribution is -0.114. The van der Waals surface area contributed by atoms with Gasteiger partial charge in [-0.3, -0.25) is 4.79 Å². The molecule has 2 aromatic rings. The number of amides is 3. The zero-order chi connectivity index (χ0) is 18.4. The van der Waals surface area contributed by atoms with Gasteiger partial charge in [0.15, 0.2) is 0 Å². The van der Waals surface area contributed by atoms with Gasteiger partial charge < -0.3 is 15.5 Å². The van der Waals surface area contributed by atoms with E-state index >= 15 is 0 Å². The van der Waals surface area contributed by atoms with Crippen molar-refractivity contribution in [3.63, 3.8) is 0 Å². The van der Waals surface area contributed by atoms with Gasteiger partial charge in [0.2, 0.25) is 5.91 Å². The molecule has 3 amide bonds. The lowest BCUT2D eigenvalue weighted by atomic mass is 10.1. The van der Waals surface area contributed by atoms with Crippen molar-refractivity contribution < 1.29 is 9.59 Å². The number of urea groups is 1. The maximum atomic E-state index is 12.4. The molecule has 0 radical (unpaired) electrons. The van der Waals surface area contributed by atoms with Crippen LogP contribution in [0.1, 0.15) is 36.6 Å². The van der Waals surface area contributed by atoms with Crippen molar-refractivity contribution in [1.29, 1.82) is 0 Å². The average Bonchev–Trinajstić information content (AvgIpc) is 2.59. The highest BCUT2D eigenvalue weighted by Gasteiger charge is 2.16. The number of anilines is 1. The molecule has 0 aromatic heterocycles. The standard InChI is InChI=1S/C20H25N3O2/c1-14-8-10-18(11-9-14)15(2)23(4)20(25)21-13-17-6-5-7-19(12-17)22-16(3)24/h5-12,15H,13H2,1-4H3,(H,21,25)(H,22,24)/t15-/m1/s1. The van der Waals surface area contributed by atoms with Crippen LogP contribution in [0.5, 0.6) is 0 Å². The Bertz CT molecular complexity index is 741. The molecule has 0 heterocycles. The Kier molecular flexibility index (Phi) is 6.17. The molecule has 25 heavy (non-hydrogen) atoms. The molecule has 0 aliphatic rings. The molecule has 0 aliphatic carbocycles. The Morgan fingerprint density at radius 2 is 1.80 bits per heavy atom. The van der Waals surface area contributed by atoms with Crippen molar-refractivity contribution in [3.05, 3.63) is 65.2 Å². The van der Waals surface area contributed by atoms with Crippen LogP contribution in [0, 0.1) is 6.92 Å². The SMILES string of the molecule is CC(=O)Nc1cccc(CNC(=O)N(C)[C@H](C)c2ccc(C)cc2)c1. The lowest BCUT2D eigenvalue weighted by Gasteiger charge is -2.25. The topological polar surface area (TPSA) is 61.4 Å². The Hall–Kier alpha value is -2.82. The molecule has 1 atom stereocenters. The van der Waals surface area contributed by atoms with E-state index < -0.39 is 0 Å². The minimum atomic E-state index is -0.141. The van der Waals surface area contributed by atoms with Gasteiger partial charge in [0.1, 0.15) is 0 Å². The quantitative estimate of drug-likeness (QED) is 0.869. The van der Waals surface area contributed by atoms with Crippen LogP contribution in [0.3, 0.4) is 0 Å². The Morgan fingerprint density at radius 3 is 2.44 bits per heavy atom. The van der Waals surface area contributed by atoms with Gasteiger partial charge in [0.25, 0.3) is 0 Å². The monoisotopic (exact) mass is 339 g/mol. The largest absolute Gasteiger partial charge is 0.334 e. The first kappa shape index (κ1) is 18.5. The van der Waals surface area contributed by atoms with Crippen LogP contribution in [0.4, 0.5) is 10.5 Å². The molecule has 0 fully saturated rings. The molecular weight excluding hydrogens is 314 g/mol. The third-order valence-electron chi connectivity index (χ3n) is 4.15. The lowest BCUT2D eigenvalue weighted by Crippen LogP contribution is -2.38. The Balaban J connectivity index is 1.95. The minimum absolute atomic E-state index is 0.0219. The first-order chi connectivity index (χ1) is 11.9. The second-order valence-electron chi connectivity index (χ2n) is 6.24. The van der Waals surface area contributed by atoms with Crippen molar-refractivity contribution in [3.8, 4) is 0 Å². The Morgan fingerprint density at radius 1 is 1.12 bits per heavy atom. The van der Waals surface area contributed by atoms with Gasteiger partial charge in [0.05, 0.1) is 6.04 Å². The third-order valence-corrected chi connectivity index (χ3v) is 4.15. The normalized spacial score (nSPS) is 11.5. The van der Waals surface area contributed by atoms with E-state index in [-0.39, 0.29) is 18.0 Å². The molecule has 0 aliphatic heterocycles. The molecule has 2 aromatic carbocycles. The van der Waals surface area contributed by atoms with Crippen LogP contribution in [0.15, 0.2) is 48.5 Å². The van der Waals surface area contributed by atoms with E-state index in [4.69, 9.17) is 0 Å². The molecule has 0 spiro atoms. The predicted octanol–water partition coefficient (Wildman–Crippen LogP) is 3.86. The molecule has 0 bridgehead atoms. The van der Waals surface area contributed by atoms with Gasteiger partial charge >= 0.3 is 6.03 Å². The smallest absolute Gasteiger partial charge is 0.317 e. The second-order valence-corrected chi connectivity index (χ2v) is 6.24.